The normalized spacial score (nSPS) is 21.8. The average molecular weight is 332 g/mol. The first-order valence-electron chi connectivity index (χ1n) is 9.12. The Morgan fingerprint density at radius 1 is 1.25 bits per heavy atom. The molecule has 0 saturated carbocycles. The topological polar surface area (TPSA) is 42.0 Å². The van der Waals surface area contributed by atoms with Gasteiger partial charge in [-0.15, -0.1) is 0 Å². The van der Waals surface area contributed by atoms with Gasteiger partial charge < -0.3 is 19.3 Å². The highest BCUT2D eigenvalue weighted by atomic mass is 16.5. The molecule has 1 atom stereocenters. The molecular weight excluding hydrogens is 304 g/mol. The zero-order chi connectivity index (χ0) is 16.8. The van der Waals surface area contributed by atoms with E-state index in [0.717, 1.165) is 70.0 Å². The lowest BCUT2D eigenvalue weighted by molar-refractivity contribution is 0.00212. The molecule has 0 spiro atoms. The summed E-state index contributed by atoms with van der Waals surface area (Å²) in [4.78, 5) is 17.3. The van der Waals surface area contributed by atoms with Crippen molar-refractivity contribution < 1.29 is 14.3 Å². The third-order valence-corrected chi connectivity index (χ3v) is 4.71. The van der Waals surface area contributed by atoms with Gasteiger partial charge in [0.1, 0.15) is 0 Å². The van der Waals surface area contributed by atoms with Crippen LogP contribution in [0.3, 0.4) is 0 Å². The third-order valence-electron chi connectivity index (χ3n) is 4.71. The molecule has 1 aromatic rings. The predicted molar refractivity (Wildman–Crippen MR) is 94.6 cm³/mol. The van der Waals surface area contributed by atoms with E-state index in [9.17, 15) is 4.79 Å². The van der Waals surface area contributed by atoms with E-state index >= 15 is 0 Å². The van der Waals surface area contributed by atoms with Gasteiger partial charge in [-0.05, 0) is 31.4 Å². The SMILES string of the molecule is CCCO[C@H]1CCCN(C(=O)c2ccccc2N2CCOCC2)C1. The summed E-state index contributed by atoms with van der Waals surface area (Å²) in [5.41, 5.74) is 1.83. The summed E-state index contributed by atoms with van der Waals surface area (Å²) >= 11 is 0. The summed E-state index contributed by atoms with van der Waals surface area (Å²) in [5, 5.41) is 0. The Bertz CT molecular complexity index is 543. The first-order chi connectivity index (χ1) is 11.8. The number of rotatable bonds is 5. The van der Waals surface area contributed by atoms with Crippen LogP contribution >= 0.6 is 0 Å². The average Bonchev–Trinajstić information content (AvgIpc) is 2.66. The van der Waals surface area contributed by atoms with Gasteiger partial charge in [0.15, 0.2) is 0 Å². The van der Waals surface area contributed by atoms with Crippen LogP contribution < -0.4 is 4.90 Å². The summed E-state index contributed by atoms with van der Waals surface area (Å²) in [7, 11) is 0. The number of para-hydroxylation sites is 1. The maximum absolute atomic E-state index is 13.1. The number of carbonyl (C=O) groups excluding carboxylic acids is 1. The molecule has 1 amide bonds. The molecule has 0 bridgehead atoms. The van der Waals surface area contributed by atoms with Crippen molar-refractivity contribution in [2.24, 2.45) is 0 Å². The maximum Gasteiger partial charge on any atom is 0.256 e. The van der Waals surface area contributed by atoms with Crippen LogP contribution in [0.25, 0.3) is 0 Å². The fourth-order valence-corrected chi connectivity index (χ4v) is 3.45. The number of carbonyl (C=O) groups is 1. The van der Waals surface area contributed by atoms with Crippen molar-refractivity contribution in [1.29, 1.82) is 0 Å². The molecule has 0 radical (unpaired) electrons. The van der Waals surface area contributed by atoms with Gasteiger partial charge in [-0.3, -0.25) is 4.79 Å². The van der Waals surface area contributed by atoms with Gasteiger partial charge >= 0.3 is 0 Å². The van der Waals surface area contributed by atoms with Crippen molar-refractivity contribution >= 4 is 11.6 Å². The minimum atomic E-state index is 0.127. The Balaban J connectivity index is 1.72. The molecule has 0 N–H and O–H groups in total. The molecule has 5 nitrogen and oxygen atoms in total. The summed E-state index contributed by atoms with van der Waals surface area (Å²) in [6, 6.07) is 7.95. The monoisotopic (exact) mass is 332 g/mol. The first kappa shape index (κ1) is 17.2. The van der Waals surface area contributed by atoms with Gasteiger partial charge in [-0.25, -0.2) is 0 Å². The van der Waals surface area contributed by atoms with Crippen molar-refractivity contribution in [2.45, 2.75) is 32.3 Å². The molecular formula is C19H28N2O3. The molecule has 0 unspecified atom stereocenters. The third kappa shape index (κ3) is 4.08. The zero-order valence-electron chi connectivity index (χ0n) is 14.6. The van der Waals surface area contributed by atoms with Gasteiger partial charge in [0.25, 0.3) is 5.91 Å². The van der Waals surface area contributed by atoms with Gasteiger partial charge in [0, 0.05) is 38.5 Å². The molecule has 2 heterocycles. The Kier molecular flexibility index (Phi) is 6.10. The van der Waals surface area contributed by atoms with Crippen molar-refractivity contribution in [3.8, 4) is 0 Å². The van der Waals surface area contributed by atoms with E-state index < -0.39 is 0 Å². The lowest BCUT2D eigenvalue weighted by Crippen LogP contribution is -2.44. The van der Waals surface area contributed by atoms with E-state index in [4.69, 9.17) is 9.47 Å². The van der Waals surface area contributed by atoms with Crippen molar-refractivity contribution in [3.63, 3.8) is 0 Å². The second kappa shape index (κ2) is 8.49. The fraction of sp³-hybridized carbons (Fsp3) is 0.632. The lowest BCUT2D eigenvalue weighted by atomic mass is 10.0. The Labute approximate surface area is 144 Å². The molecule has 0 aliphatic carbocycles. The predicted octanol–water partition coefficient (Wildman–Crippen LogP) is 2.55. The highest BCUT2D eigenvalue weighted by Crippen LogP contribution is 2.25. The molecule has 5 heteroatoms. The van der Waals surface area contributed by atoms with Crippen LogP contribution in [0.1, 0.15) is 36.5 Å². The summed E-state index contributed by atoms with van der Waals surface area (Å²) < 4.78 is 11.3. The van der Waals surface area contributed by atoms with Crippen LogP contribution in [0.2, 0.25) is 0 Å². The van der Waals surface area contributed by atoms with E-state index in [1.54, 1.807) is 0 Å². The van der Waals surface area contributed by atoms with E-state index in [1.165, 1.54) is 0 Å². The molecule has 24 heavy (non-hydrogen) atoms. The maximum atomic E-state index is 13.1. The molecule has 1 aromatic carbocycles. The lowest BCUT2D eigenvalue weighted by Gasteiger charge is -2.35. The number of nitrogens with zero attached hydrogens (tertiary/aromatic N) is 2. The van der Waals surface area contributed by atoms with E-state index in [0.29, 0.717) is 6.54 Å². The number of hydrogen-bond acceptors (Lipinski definition) is 4. The van der Waals surface area contributed by atoms with Gasteiger partial charge in [0.2, 0.25) is 0 Å². The van der Waals surface area contributed by atoms with Crippen LogP contribution in [-0.4, -0.2) is 62.9 Å². The summed E-state index contributed by atoms with van der Waals surface area (Å²) in [6.07, 6.45) is 3.26. The van der Waals surface area contributed by atoms with Crippen molar-refractivity contribution in [3.05, 3.63) is 29.8 Å². The quantitative estimate of drug-likeness (QED) is 0.831. The van der Waals surface area contributed by atoms with Gasteiger partial charge in [-0.2, -0.15) is 0 Å². The van der Waals surface area contributed by atoms with Gasteiger partial charge in [0.05, 0.1) is 24.9 Å². The molecule has 132 valence electrons. The number of likely N-dealkylation sites (tertiary alicyclic amines) is 1. The van der Waals surface area contributed by atoms with Crippen molar-refractivity contribution in [1.82, 2.24) is 4.90 Å². The van der Waals surface area contributed by atoms with Crippen LogP contribution in [0.15, 0.2) is 24.3 Å². The van der Waals surface area contributed by atoms with Crippen LogP contribution in [0.4, 0.5) is 5.69 Å². The number of amides is 1. The number of ether oxygens (including phenoxy) is 2. The highest BCUT2D eigenvalue weighted by Gasteiger charge is 2.27. The highest BCUT2D eigenvalue weighted by molar-refractivity contribution is 6.00. The zero-order valence-corrected chi connectivity index (χ0v) is 14.6. The summed E-state index contributed by atoms with van der Waals surface area (Å²) in [5.74, 6) is 0.127. The Hall–Kier alpha value is -1.59. The molecule has 2 aliphatic heterocycles. The molecule has 2 saturated heterocycles. The van der Waals surface area contributed by atoms with E-state index in [1.807, 2.05) is 29.2 Å². The number of anilines is 1. The van der Waals surface area contributed by atoms with Gasteiger partial charge in [-0.1, -0.05) is 19.1 Å². The minimum absolute atomic E-state index is 0.127. The van der Waals surface area contributed by atoms with Crippen LogP contribution in [0.5, 0.6) is 0 Å². The molecule has 2 fully saturated rings. The first-order valence-corrected chi connectivity index (χ1v) is 9.12. The van der Waals surface area contributed by atoms with Crippen LogP contribution in [0, 0.1) is 0 Å². The number of benzene rings is 1. The molecule has 2 aliphatic rings. The standard InChI is InChI=1S/C19H28N2O3/c1-2-12-24-16-6-5-9-21(15-16)19(22)17-7-3-4-8-18(17)20-10-13-23-14-11-20/h3-4,7-8,16H,2,5-6,9-15H2,1H3/t16-/m0/s1. The van der Waals surface area contributed by atoms with Crippen molar-refractivity contribution in [2.75, 3.05) is 50.9 Å². The van der Waals surface area contributed by atoms with Crippen LogP contribution in [-0.2, 0) is 9.47 Å². The smallest absolute Gasteiger partial charge is 0.256 e. The molecule has 0 aromatic heterocycles. The molecule has 3 rings (SSSR count). The van der Waals surface area contributed by atoms with E-state index in [2.05, 4.69) is 11.8 Å². The minimum Gasteiger partial charge on any atom is -0.378 e. The number of piperidine rings is 1. The Morgan fingerprint density at radius 2 is 2.04 bits per heavy atom. The second-order valence-corrected chi connectivity index (χ2v) is 6.50. The Morgan fingerprint density at radius 3 is 2.83 bits per heavy atom. The fourth-order valence-electron chi connectivity index (χ4n) is 3.45. The number of morpholine rings is 1. The summed E-state index contributed by atoms with van der Waals surface area (Å²) in [6.45, 7) is 7.54. The number of hydrogen-bond donors (Lipinski definition) is 0. The van der Waals surface area contributed by atoms with E-state index in [-0.39, 0.29) is 12.0 Å². The second-order valence-electron chi connectivity index (χ2n) is 6.50. The largest absolute Gasteiger partial charge is 0.378 e.